The number of aryl methyl sites for hydroxylation is 2. The van der Waals surface area contributed by atoms with Gasteiger partial charge in [0.1, 0.15) is 5.82 Å². The lowest BCUT2D eigenvalue weighted by Gasteiger charge is -2.07. The summed E-state index contributed by atoms with van der Waals surface area (Å²) in [5, 5.41) is 0.525. The standard InChI is InChI=1S/C14H15Cl2N3O2S/c15-10-6-5-9(7-11(10)16)22(20,21)17-8-14-18-12-3-1-2-4-13(12)19-14/h5-7,17H,1-4,8H2,(H,18,19). The fourth-order valence-electron chi connectivity index (χ4n) is 2.49. The minimum atomic E-state index is -3.65. The Hall–Kier alpha value is -1.08. The van der Waals surface area contributed by atoms with Gasteiger partial charge in [-0.25, -0.2) is 18.1 Å². The molecule has 0 saturated heterocycles. The molecular formula is C14H15Cl2N3O2S. The smallest absolute Gasteiger partial charge is 0.241 e. The molecule has 0 bridgehead atoms. The third-order valence-corrected chi connectivity index (χ3v) is 5.77. The largest absolute Gasteiger partial charge is 0.345 e. The van der Waals surface area contributed by atoms with Crippen LogP contribution < -0.4 is 4.72 Å². The summed E-state index contributed by atoms with van der Waals surface area (Å²) in [6.07, 6.45) is 4.20. The average molecular weight is 360 g/mol. The van der Waals surface area contributed by atoms with Gasteiger partial charge in [-0.1, -0.05) is 23.2 Å². The lowest BCUT2D eigenvalue weighted by Crippen LogP contribution is -2.23. The lowest BCUT2D eigenvalue weighted by molar-refractivity contribution is 0.579. The number of rotatable bonds is 4. The number of nitrogens with one attached hydrogen (secondary N) is 2. The van der Waals surface area contributed by atoms with Crippen LogP contribution in [-0.4, -0.2) is 18.4 Å². The third-order valence-electron chi connectivity index (χ3n) is 3.63. The first-order valence-corrected chi connectivity index (χ1v) is 9.21. The molecule has 0 atom stereocenters. The zero-order valence-corrected chi connectivity index (χ0v) is 14.0. The van der Waals surface area contributed by atoms with Crippen LogP contribution in [-0.2, 0) is 29.4 Å². The van der Waals surface area contributed by atoms with Crippen LogP contribution in [0.25, 0.3) is 0 Å². The van der Waals surface area contributed by atoms with E-state index >= 15 is 0 Å². The lowest BCUT2D eigenvalue weighted by atomic mass is 10.0. The number of sulfonamides is 1. The van der Waals surface area contributed by atoms with E-state index < -0.39 is 10.0 Å². The molecule has 3 rings (SSSR count). The summed E-state index contributed by atoms with van der Waals surface area (Å²) in [7, 11) is -3.65. The number of aromatic amines is 1. The fourth-order valence-corrected chi connectivity index (χ4v) is 3.86. The number of hydrogen-bond acceptors (Lipinski definition) is 3. The Morgan fingerprint density at radius 2 is 1.95 bits per heavy atom. The van der Waals surface area contributed by atoms with E-state index in [1.165, 1.54) is 18.2 Å². The van der Waals surface area contributed by atoms with Gasteiger partial charge in [-0.2, -0.15) is 0 Å². The molecule has 8 heteroatoms. The summed E-state index contributed by atoms with van der Waals surface area (Å²) in [6.45, 7) is 0.121. The monoisotopic (exact) mass is 359 g/mol. The van der Waals surface area contributed by atoms with Crippen molar-refractivity contribution in [1.82, 2.24) is 14.7 Å². The molecular weight excluding hydrogens is 345 g/mol. The molecule has 5 nitrogen and oxygen atoms in total. The summed E-state index contributed by atoms with van der Waals surface area (Å²) in [5.41, 5.74) is 2.17. The molecule has 2 N–H and O–H groups in total. The van der Waals surface area contributed by atoms with E-state index in [0.29, 0.717) is 10.8 Å². The highest BCUT2D eigenvalue weighted by Crippen LogP contribution is 2.25. The number of hydrogen-bond donors (Lipinski definition) is 2. The SMILES string of the molecule is O=S(=O)(NCc1nc2c([nH]1)CCCC2)c1ccc(Cl)c(Cl)c1. The van der Waals surface area contributed by atoms with Crippen molar-refractivity contribution >= 4 is 33.2 Å². The Bertz CT molecular complexity index is 779. The van der Waals surface area contributed by atoms with Gasteiger partial charge >= 0.3 is 0 Å². The van der Waals surface area contributed by atoms with E-state index in [-0.39, 0.29) is 16.5 Å². The average Bonchev–Trinajstić information content (AvgIpc) is 2.91. The molecule has 0 aliphatic heterocycles. The Labute approximate surface area is 139 Å². The third kappa shape index (κ3) is 3.30. The molecule has 0 unspecified atom stereocenters. The van der Waals surface area contributed by atoms with Gasteiger partial charge in [0.15, 0.2) is 0 Å². The number of aromatic nitrogens is 2. The van der Waals surface area contributed by atoms with Crippen molar-refractivity contribution < 1.29 is 8.42 Å². The van der Waals surface area contributed by atoms with Gasteiger partial charge in [0.25, 0.3) is 0 Å². The summed E-state index contributed by atoms with van der Waals surface area (Å²) in [4.78, 5) is 7.72. The van der Waals surface area contributed by atoms with Gasteiger partial charge < -0.3 is 4.98 Å². The molecule has 0 radical (unpaired) electrons. The molecule has 22 heavy (non-hydrogen) atoms. The number of fused-ring (bicyclic) bond motifs is 1. The first-order chi connectivity index (χ1) is 10.5. The number of halogens is 2. The van der Waals surface area contributed by atoms with Crippen LogP contribution in [0.3, 0.4) is 0 Å². The van der Waals surface area contributed by atoms with Crippen LogP contribution in [0.4, 0.5) is 0 Å². The van der Waals surface area contributed by atoms with Crippen molar-refractivity contribution in [2.75, 3.05) is 0 Å². The molecule has 1 aliphatic rings. The van der Waals surface area contributed by atoms with E-state index in [4.69, 9.17) is 23.2 Å². The van der Waals surface area contributed by atoms with Gasteiger partial charge in [0.05, 0.1) is 27.2 Å². The van der Waals surface area contributed by atoms with Gasteiger partial charge in [-0.3, -0.25) is 0 Å². The second-order valence-electron chi connectivity index (χ2n) is 5.22. The van der Waals surface area contributed by atoms with Crippen molar-refractivity contribution in [3.8, 4) is 0 Å². The van der Waals surface area contributed by atoms with Gasteiger partial charge in [0.2, 0.25) is 10.0 Å². The molecule has 0 saturated carbocycles. The number of H-pyrrole nitrogens is 1. The van der Waals surface area contributed by atoms with Crippen LogP contribution >= 0.6 is 23.2 Å². The number of benzene rings is 1. The summed E-state index contributed by atoms with van der Waals surface area (Å²) in [5.74, 6) is 0.635. The van der Waals surface area contributed by atoms with E-state index in [1.807, 2.05) is 0 Å². The Morgan fingerprint density at radius 1 is 1.18 bits per heavy atom. The Balaban J connectivity index is 1.74. The Morgan fingerprint density at radius 3 is 2.68 bits per heavy atom. The van der Waals surface area contributed by atoms with E-state index in [9.17, 15) is 8.42 Å². The number of nitrogens with zero attached hydrogens (tertiary/aromatic N) is 1. The van der Waals surface area contributed by atoms with Crippen LogP contribution in [0.1, 0.15) is 30.1 Å². The summed E-state index contributed by atoms with van der Waals surface area (Å²) < 4.78 is 27.0. The first-order valence-electron chi connectivity index (χ1n) is 6.97. The van der Waals surface area contributed by atoms with Crippen molar-refractivity contribution in [3.05, 3.63) is 45.5 Å². The maximum atomic E-state index is 12.3. The highest BCUT2D eigenvalue weighted by Gasteiger charge is 2.18. The second-order valence-corrected chi connectivity index (χ2v) is 7.80. The topological polar surface area (TPSA) is 74.8 Å². The molecule has 1 heterocycles. The number of imidazole rings is 1. The van der Waals surface area contributed by atoms with E-state index in [2.05, 4.69) is 14.7 Å². The summed E-state index contributed by atoms with van der Waals surface area (Å²) >= 11 is 11.7. The zero-order chi connectivity index (χ0) is 15.7. The van der Waals surface area contributed by atoms with Crippen molar-refractivity contribution in [3.63, 3.8) is 0 Å². The van der Waals surface area contributed by atoms with E-state index in [1.54, 1.807) is 0 Å². The van der Waals surface area contributed by atoms with Crippen LogP contribution in [0.2, 0.25) is 10.0 Å². The maximum Gasteiger partial charge on any atom is 0.241 e. The summed E-state index contributed by atoms with van der Waals surface area (Å²) in [6, 6.07) is 4.22. The Kier molecular flexibility index (Phi) is 4.45. The predicted molar refractivity (Wildman–Crippen MR) is 85.7 cm³/mol. The van der Waals surface area contributed by atoms with Crippen molar-refractivity contribution in [1.29, 1.82) is 0 Å². The van der Waals surface area contributed by atoms with Crippen molar-refractivity contribution in [2.45, 2.75) is 37.1 Å². The molecule has 1 aromatic carbocycles. The molecule has 0 fully saturated rings. The zero-order valence-electron chi connectivity index (χ0n) is 11.7. The normalized spacial score (nSPS) is 14.8. The maximum absolute atomic E-state index is 12.3. The molecule has 0 spiro atoms. The highest BCUT2D eigenvalue weighted by molar-refractivity contribution is 7.89. The second kappa shape index (κ2) is 6.20. The van der Waals surface area contributed by atoms with Gasteiger partial charge in [-0.15, -0.1) is 0 Å². The quantitative estimate of drug-likeness (QED) is 0.880. The van der Waals surface area contributed by atoms with E-state index in [0.717, 1.165) is 37.1 Å². The van der Waals surface area contributed by atoms with Crippen molar-refractivity contribution in [2.24, 2.45) is 0 Å². The van der Waals surface area contributed by atoms with Gasteiger partial charge in [0, 0.05) is 5.69 Å². The predicted octanol–water partition coefficient (Wildman–Crippen LogP) is 3.07. The van der Waals surface area contributed by atoms with Crippen LogP contribution in [0.5, 0.6) is 0 Å². The van der Waals surface area contributed by atoms with Crippen LogP contribution in [0, 0.1) is 0 Å². The first kappa shape index (κ1) is 15.8. The van der Waals surface area contributed by atoms with Gasteiger partial charge in [-0.05, 0) is 43.9 Å². The highest BCUT2D eigenvalue weighted by atomic mass is 35.5. The molecule has 2 aromatic rings. The van der Waals surface area contributed by atoms with Crippen LogP contribution in [0.15, 0.2) is 23.1 Å². The minimum absolute atomic E-state index is 0.0817. The molecule has 118 valence electrons. The molecule has 1 aliphatic carbocycles. The molecule has 1 aromatic heterocycles. The fraction of sp³-hybridized carbons (Fsp3) is 0.357. The molecule has 0 amide bonds. The minimum Gasteiger partial charge on any atom is -0.345 e.